The number of rotatable bonds is 4. The third-order valence-corrected chi connectivity index (χ3v) is 5.42. The summed E-state index contributed by atoms with van der Waals surface area (Å²) in [5.74, 6) is -1.56. The third kappa shape index (κ3) is 3.85. The summed E-state index contributed by atoms with van der Waals surface area (Å²) >= 11 is 6.20. The largest absolute Gasteiger partial charge is 0.306 e. The normalized spacial score (nSPS) is 17.8. The van der Waals surface area contributed by atoms with Crippen molar-refractivity contribution in [1.29, 1.82) is 0 Å². The molecule has 0 radical (unpaired) electrons. The first kappa shape index (κ1) is 18.2. The standard InChI is InChI=1S/C18H24ClF2NO/c1-12(19)18(2,3)17(23)22(14-7-5-4-6-8-14)16-10-9-13(20)11-15(16)21/h9-12,14H,4-8H2,1-3H3. The fraction of sp³-hybridized carbons (Fsp3) is 0.611. The Bertz CT molecular complexity index is 568. The number of halogens is 3. The van der Waals surface area contributed by atoms with Crippen LogP contribution in [0.2, 0.25) is 0 Å². The Labute approximate surface area is 141 Å². The summed E-state index contributed by atoms with van der Waals surface area (Å²) < 4.78 is 27.6. The Hall–Kier alpha value is -1.16. The minimum Gasteiger partial charge on any atom is -0.306 e. The van der Waals surface area contributed by atoms with Gasteiger partial charge in [0, 0.05) is 17.5 Å². The Morgan fingerprint density at radius 1 is 1.26 bits per heavy atom. The van der Waals surface area contributed by atoms with Gasteiger partial charge in [-0.25, -0.2) is 8.78 Å². The molecule has 0 N–H and O–H groups in total. The second-order valence-corrected chi connectivity index (χ2v) is 7.56. The molecule has 0 aromatic heterocycles. The van der Waals surface area contributed by atoms with Gasteiger partial charge in [-0.15, -0.1) is 11.6 Å². The molecule has 1 aliphatic carbocycles. The molecule has 128 valence electrons. The Balaban J connectivity index is 2.45. The lowest BCUT2D eigenvalue weighted by atomic mass is 9.85. The highest BCUT2D eigenvalue weighted by atomic mass is 35.5. The van der Waals surface area contributed by atoms with Crippen LogP contribution in [0.15, 0.2) is 18.2 Å². The number of alkyl halides is 1. The van der Waals surface area contributed by atoms with E-state index in [2.05, 4.69) is 0 Å². The molecule has 1 fully saturated rings. The van der Waals surface area contributed by atoms with Crippen LogP contribution in [0.3, 0.4) is 0 Å². The van der Waals surface area contributed by atoms with Crippen molar-refractivity contribution >= 4 is 23.2 Å². The summed E-state index contributed by atoms with van der Waals surface area (Å²) in [4.78, 5) is 14.6. The topological polar surface area (TPSA) is 20.3 Å². The number of benzene rings is 1. The van der Waals surface area contributed by atoms with Crippen LogP contribution >= 0.6 is 11.6 Å². The van der Waals surface area contributed by atoms with E-state index in [0.29, 0.717) is 0 Å². The van der Waals surface area contributed by atoms with Crippen LogP contribution in [-0.4, -0.2) is 17.3 Å². The summed E-state index contributed by atoms with van der Waals surface area (Å²) in [5, 5.41) is -0.399. The van der Waals surface area contributed by atoms with E-state index in [1.165, 1.54) is 17.0 Å². The van der Waals surface area contributed by atoms with Crippen molar-refractivity contribution in [3.8, 4) is 0 Å². The lowest BCUT2D eigenvalue weighted by Gasteiger charge is -2.40. The van der Waals surface area contributed by atoms with Gasteiger partial charge in [-0.2, -0.15) is 0 Å². The molecular formula is C18H24ClF2NO. The maximum Gasteiger partial charge on any atom is 0.234 e. The summed E-state index contributed by atoms with van der Waals surface area (Å²) in [6, 6.07) is 3.31. The highest BCUT2D eigenvalue weighted by molar-refractivity contribution is 6.23. The number of carbonyl (C=O) groups excluding carboxylic acids is 1. The lowest BCUT2D eigenvalue weighted by molar-refractivity contribution is -0.127. The highest BCUT2D eigenvalue weighted by Crippen LogP contribution is 2.36. The Morgan fingerprint density at radius 2 is 1.87 bits per heavy atom. The quantitative estimate of drug-likeness (QED) is 0.681. The first-order valence-electron chi connectivity index (χ1n) is 8.18. The van der Waals surface area contributed by atoms with E-state index in [1.54, 1.807) is 20.8 Å². The van der Waals surface area contributed by atoms with Gasteiger partial charge in [-0.3, -0.25) is 4.79 Å². The van der Waals surface area contributed by atoms with Gasteiger partial charge in [0.25, 0.3) is 0 Å². The van der Waals surface area contributed by atoms with E-state index >= 15 is 0 Å². The molecule has 1 unspecified atom stereocenters. The maximum absolute atomic E-state index is 14.3. The minimum atomic E-state index is -0.834. The third-order valence-electron chi connectivity index (χ3n) is 4.87. The van der Waals surface area contributed by atoms with Gasteiger partial charge in [-0.1, -0.05) is 19.3 Å². The summed E-state index contributed by atoms with van der Waals surface area (Å²) in [6.07, 6.45) is 4.80. The van der Waals surface area contributed by atoms with E-state index in [-0.39, 0.29) is 17.6 Å². The first-order chi connectivity index (χ1) is 10.7. The molecular weight excluding hydrogens is 320 g/mol. The number of hydrogen-bond donors (Lipinski definition) is 0. The summed E-state index contributed by atoms with van der Waals surface area (Å²) in [5.41, 5.74) is -0.687. The van der Waals surface area contributed by atoms with Crippen LogP contribution < -0.4 is 4.90 Å². The van der Waals surface area contributed by atoms with Crippen molar-refractivity contribution in [2.24, 2.45) is 5.41 Å². The minimum absolute atomic E-state index is 0.0640. The molecule has 5 heteroatoms. The molecule has 1 saturated carbocycles. The van der Waals surface area contributed by atoms with Gasteiger partial charge in [0.1, 0.15) is 11.6 Å². The molecule has 0 bridgehead atoms. The summed E-state index contributed by atoms with van der Waals surface area (Å²) in [7, 11) is 0. The van der Waals surface area contributed by atoms with Crippen molar-refractivity contribution in [3.63, 3.8) is 0 Å². The van der Waals surface area contributed by atoms with Gasteiger partial charge in [-0.05, 0) is 45.7 Å². The molecule has 0 spiro atoms. The van der Waals surface area contributed by atoms with Gasteiger partial charge in [0.2, 0.25) is 5.91 Å². The average Bonchev–Trinajstić information content (AvgIpc) is 2.50. The van der Waals surface area contributed by atoms with E-state index < -0.39 is 22.4 Å². The van der Waals surface area contributed by atoms with Gasteiger partial charge >= 0.3 is 0 Å². The highest BCUT2D eigenvalue weighted by Gasteiger charge is 2.40. The molecule has 2 rings (SSSR count). The van der Waals surface area contributed by atoms with E-state index in [1.807, 2.05) is 0 Å². The van der Waals surface area contributed by atoms with Gasteiger partial charge in [0.15, 0.2) is 0 Å². The number of amides is 1. The molecule has 1 amide bonds. The fourth-order valence-electron chi connectivity index (χ4n) is 2.97. The molecule has 1 aliphatic rings. The van der Waals surface area contributed by atoms with Gasteiger partial charge in [0.05, 0.1) is 11.1 Å². The molecule has 1 aromatic rings. The van der Waals surface area contributed by atoms with Crippen LogP contribution in [0.1, 0.15) is 52.9 Å². The molecule has 0 saturated heterocycles. The Morgan fingerprint density at radius 3 is 2.39 bits per heavy atom. The molecule has 1 atom stereocenters. The van der Waals surface area contributed by atoms with Gasteiger partial charge < -0.3 is 4.90 Å². The molecule has 23 heavy (non-hydrogen) atoms. The van der Waals surface area contributed by atoms with E-state index in [9.17, 15) is 13.6 Å². The number of nitrogens with zero attached hydrogens (tertiary/aromatic N) is 1. The predicted molar refractivity (Wildman–Crippen MR) is 89.8 cm³/mol. The molecule has 0 aliphatic heterocycles. The van der Waals surface area contributed by atoms with Crippen LogP contribution in [-0.2, 0) is 4.79 Å². The van der Waals surface area contributed by atoms with E-state index in [4.69, 9.17) is 11.6 Å². The Kier molecular flexibility index (Phi) is 5.66. The van der Waals surface area contributed by atoms with Crippen LogP contribution in [0.25, 0.3) is 0 Å². The monoisotopic (exact) mass is 343 g/mol. The molecule has 0 heterocycles. The first-order valence-corrected chi connectivity index (χ1v) is 8.61. The van der Waals surface area contributed by atoms with Crippen molar-refractivity contribution in [2.45, 2.75) is 64.3 Å². The van der Waals surface area contributed by atoms with Crippen LogP contribution in [0, 0.1) is 17.0 Å². The lowest BCUT2D eigenvalue weighted by Crippen LogP contribution is -2.50. The number of hydrogen-bond acceptors (Lipinski definition) is 1. The summed E-state index contributed by atoms with van der Waals surface area (Å²) in [6.45, 7) is 5.30. The average molecular weight is 344 g/mol. The second kappa shape index (κ2) is 7.16. The zero-order chi connectivity index (χ0) is 17.2. The van der Waals surface area contributed by atoms with Crippen molar-refractivity contribution in [1.82, 2.24) is 0 Å². The van der Waals surface area contributed by atoms with Crippen LogP contribution in [0.5, 0.6) is 0 Å². The van der Waals surface area contributed by atoms with Crippen molar-refractivity contribution < 1.29 is 13.6 Å². The number of carbonyl (C=O) groups is 1. The zero-order valence-electron chi connectivity index (χ0n) is 13.9. The van der Waals surface area contributed by atoms with Crippen molar-refractivity contribution in [2.75, 3.05) is 4.90 Å². The number of anilines is 1. The molecule has 2 nitrogen and oxygen atoms in total. The smallest absolute Gasteiger partial charge is 0.234 e. The predicted octanol–water partition coefficient (Wildman–Crippen LogP) is 5.28. The molecule has 1 aromatic carbocycles. The van der Waals surface area contributed by atoms with Crippen molar-refractivity contribution in [3.05, 3.63) is 29.8 Å². The zero-order valence-corrected chi connectivity index (χ0v) is 14.7. The van der Waals surface area contributed by atoms with E-state index in [0.717, 1.165) is 38.2 Å². The SMILES string of the molecule is CC(Cl)C(C)(C)C(=O)N(c1ccc(F)cc1F)C1CCCCC1. The maximum atomic E-state index is 14.3. The van der Waals surface area contributed by atoms with Crippen LogP contribution in [0.4, 0.5) is 14.5 Å². The fourth-order valence-corrected chi connectivity index (χ4v) is 3.06. The second-order valence-electron chi connectivity index (χ2n) is 6.90.